The molecule has 0 aromatic heterocycles. The van der Waals surface area contributed by atoms with Crippen molar-refractivity contribution in [3.8, 4) is 0 Å². The number of aliphatic imine (C=N–C) groups is 1. The molecule has 1 saturated heterocycles. The number of benzene rings is 1. The van der Waals surface area contributed by atoms with Gasteiger partial charge in [0.05, 0.1) is 6.54 Å². The van der Waals surface area contributed by atoms with Crippen LogP contribution in [-0.2, 0) is 0 Å². The second-order valence-corrected chi connectivity index (χ2v) is 5.17. The van der Waals surface area contributed by atoms with Gasteiger partial charge < -0.3 is 10.6 Å². The van der Waals surface area contributed by atoms with Crippen molar-refractivity contribution in [3.63, 3.8) is 0 Å². The molecule has 2 heterocycles. The molecule has 2 aliphatic heterocycles. The maximum Gasteiger partial charge on any atom is 0.104 e. The van der Waals surface area contributed by atoms with Crippen LogP contribution in [0.3, 0.4) is 0 Å². The number of rotatable bonds is 3. The topological polar surface area (TPSA) is 36.4 Å². The highest BCUT2D eigenvalue weighted by Gasteiger charge is 2.30. The molecule has 1 aromatic rings. The van der Waals surface area contributed by atoms with Gasteiger partial charge in [0.15, 0.2) is 0 Å². The third-order valence-corrected chi connectivity index (χ3v) is 4.01. The molecule has 0 bridgehead atoms. The largest absolute Gasteiger partial charge is 0.371 e. The minimum absolute atomic E-state index is 0.468. The Morgan fingerprint density at radius 3 is 2.50 bits per heavy atom. The molecule has 3 nitrogen and oxygen atoms in total. The number of piperidine rings is 1. The van der Waals surface area contributed by atoms with E-state index < -0.39 is 0 Å². The molecule has 1 atom stereocenters. The summed E-state index contributed by atoms with van der Waals surface area (Å²) in [4.78, 5) is 4.67. The molecule has 1 aromatic carbocycles. The fourth-order valence-corrected chi connectivity index (χ4v) is 3.12. The van der Waals surface area contributed by atoms with Crippen LogP contribution in [-0.4, -0.2) is 32.0 Å². The Bertz CT molecular complexity index is 407. The molecule has 0 aliphatic carbocycles. The fourth-order valence-electron chi connectivity index (χ4n) is 3.12. The lowest BCUT2D eigenvalue weighted by Crippen LogP contribution is -2.37. The highest BCUT2D eigenvalue weighted by molar-refractivity contribution is 5.90. The van der Waals surface area contributed by atoms with Crippen molar-refractivity contribution in [2.24, 2.45) is 10.9 Å². The van der Waals surface area contributed by atoms with Crippen molar-refractivity contribution in [2.75, 3.05) is 26.2 Å². The second-order valence-electron chi connectivity index (χ2n) is 5.17. The molecule has 0 amide bonds. The number of amidine groups is 1. The van der Waals surface area contributed by atoms with Gasteiger partial charge in [-0.1, -0.05) is 30.3 Å². The predicted octanol–water partition coefficient (Wildman–Crippen LogP) is 1.77. The summed E-state index contributed by atoms with van der Waals surface area (Å²) in [7, 11) is 0. The van der Waals surface area contributed by atoms with Crippen molar-refractivity contribution in [1.29, 1.82) is 0 Å². The van der Waals surface area contributed by atoms with E-state index in [1.54, 1.807) is 0 Å². The van der Waals surface area contributed by atoms with Crippen molar-refractivity contribution >= 4 is 5.84 Å². The molecule has 96 valence electrons. The Kier molecular flexibility index (Phi) is 3.60. The molecule has 1 unspecified atom stereocenters. The normalized spacial score (nSPS) is 22.3. The predicted molar refractivity (Wildman–Crippen MR) is 75.1 cm³/mol. The molecule has 3 heteroatoms. The van der Waals surface area contributed by atoms with Crippen molar-refractivity contribution in [3.05, 3.63) is 35.9 Å². The number of hydrogen-bond acceptors (Lipinski definition) is 3. The molecule has 1 fully saturated rings. The molecular weight excluding hydrogens is 222 g/mol. The van der Waals surface area contributed by atoms with Crippen molar-refractivity contribution in [1.82, 2.24) is 10.6 Å². The first-order valence-electron chi connectivity index (χ1n) is 6.99. The summed E-state index contributed by atoms with van der Waals surface area (Å²) in [6.45, 7) is 4.22. The van der Waals surface area contributed by atoms with Gasteiger partial charge in [-0.25, -0.2) is 0 Å². The van der Waals surface area contributed by atoms with Crippen LogP contribution in [0.1, 0.15) is 24.3 Å². The molecule has 0 radical (unpaired) electrons. The second kappa shape index (κ2) is 5.53. The zero-order valence-corrected chi connectivity index (χ0v) is 10.7. The maximum atomic E-state index is 4.67. The van der Waals surface area contributed by atoms with E-state index in [-0.39, 0.29) is 0 Å². The first-order chi connectivity index (χ1) is 8.95. The Morgan fingerprint density at radius 2 is 1.83 bits per heavy atom. The quantitative estimate of drug-likeness (QED) is 0.849. The standard InChI is InChI=1S/C15H21N3/c1-2-4-12(5-3-1)14(15-17-10-11-18-15)13-6-8-16-9-7-13/h1-5,13-14,16H,6-11H2,(H,17,18). The highest BCUT2D eigenvalue weighted by Crippen LogP contribution is 2.32. The Labute approximate surface area is 109 Å². The summed E-state index contributed by atoms with van der Waals surface area (Å²) in [5, 5.41) is 6.93. The van der Waals surface area contributed by atoms with E-state index in [0.29, 0.717) is 5.92 Å². The van der Waals surface area contributed by atoms with Crippen LogP contribution in [0.15, 0.2) is 35.3 Å². The number of nitrogens with zero attached hydrogens (tertiary/aromatic N) is 1. The fraction of sp³-hybridized carbons (Fsp3) is 0.533. The lowest BCUT2D eigenvalue weighted by molar-refractivity contribution is 0.354. The zero-order valence-electron chi connectivity index (χ0n) is 10.7. The molecular formula is C15H21N3. The van der Waals surface area contributed by atoms with Gasteiger partial charge in [-0.15, -0.1) is 0 Å². The third kappa shape index (κ3) is 2.41. The third-order valence-electron chi connectivity index (χ3n) is 4.01. The van der Waals surface area contributed by atoms with Crippen LogP contribution in [0.4, 0.5) is 0 Å². The van der Waals surface area contributed by atoms with Gasteiger partial charge in [-0.2, -0.15) is 0 Å². The van der Waals surface area contributed by atoms with Crippen LogP contribution < -0.4 is 10.6 Å². The maximum absolute atomic E-state index is 4.67. The molecule has 2 aliphatic rings. The average Bonchev–Trinajstić information content (AvgIpc) is 2.95. The monoisotopic (exact) mass is 243 g/mol. The molecule has 2 N–H and O–H groups in total. The summed E-state index contributed by atoms with van der Waals surface area (Å²) in [6.07, 6.45) is 2.50. The summed E-state index contributed by atoms with van der Waals surface area (Å²) in [5.41, 5.74) is 1.41. The Hall–Kier alpha value is -1.35. The van der Waals surface area contributed by atoms with E-state index in [1.807, 2.05) is 0 Å². The average molecular weight is 243 g/mol. The van der Waals surface area contributed by atoms with Gasteiger partial charge in [0.2, 0.25) is 0 Å². The van der Waals surface area contributed by atoms with E-state index in [2.05, 4.69) is 46.0 Å². The first kappa shape index (κ1) is 11.7. The van der Waals surface area contributed by atoms with E-state index >= 15 is 0 Å². The van der Waals surface area contributed by atoms with Crippen molar-refractivity contribution < 1.29 is 0 Å². The van der Waals surface area contributed by atoms with Crippen LogP contribution >= 0.6 is 0 Å². The van der Waals surface area contributed by atoms with Gasteiger partial charge in [0.25, 0.3) is 0 Å². The van der Waals surface area contributed by atoms with Crippen LogP contribution in [0.5, 0.6) is 0 Å². The molecule has 0 spiro atoms. The van der Waals surface area contributed by atoms with E-state index in [0.717, 1.165) is 32.1 Å². The van der Waals surface area contributed by atoms with Gasteiger partial charge in [-0.05, 0) is 37.4 Å². The molecule has 18 heavy (non-hydrogen) atoms. The van der Waals surface area contributed by atoms with Crippen LogP contribution in [0.2, 0.25) is 0 Å². The number of hydrogen-bond donors (Lipinski definition) is 2. The Morgan fingerprint density at radius 1 is 1.06 bits per heavy atom. The molecule has 0 saturated carbocycles. The number of nitrogens with one attached hydrogen (secondary N) is 2. The summed E-state index contributed by atoms with van der Waals surface area (Å²) >= 11 is 0. The summed E-state index contributed by atoms with van der Waals surface area (Å²) in [5.74, 6) is 2.40. The minimum Gasteiger partial charge on any atom is -0.371 e. The van der Waals surface area contributed by atoms with Crippen molar-refractivity contribution in [2.45, 2.75) is 18.8 Å². The molecule has 3 rings (SSSR count). The first-order valence-corrected chi connectivity index (χ1v) is 6.99. The van der Waals surface area contributed by atoms with E-state index in [4.69, 9.17) is 0 Å². The Balaban J connectivity index is 1.87. The smallest absolute Gasteiger partial charge is 0.104 e. The summed E-state index contributed by atoms with van der Waals surface area (Å²) < 4.78 is 0. The van der Waals surface area contributed by atoms with E-state index in [1.165, 1.54) is 24.2 Å². The van der Waals surface area contributed by atoms with Crippen LogP contribution in [0.25, 0.3) is 0 Å². The van der Waals surface area contributed by atoms with Gasteiger partial charge in [0, 0.05) is 12.5 Å². The zero-order chi connectivity index (χ0) is 12.2. The highest BCUT2D eigenvalue weighted by atomic mass is 15.1. The van der Waals surface area contributed by atoms with E-state index in [9.17, 15) is 0 Å². The lowest BCUT2D eigenvalue weighted by atomic mass is 9.79. The summed E-state index contributed by atoms with van der Waals surface area (Å²) in [6, 6.07) is 10.9. The van der Waals surface area contributed by atoms with Gasteiger partial charge in [0.1, 0.15) is 5.84 Å². The van der Waals surface area contributed by atoms with Crippen LogP contribution in [0, 0.1) is 5.92 Å². The van der Waals surface area contributed by atoms with Gasteiger partial charge >= 0.3 is 0 Å². The van der Waals surface area contributed by atoms with Gasteiger partial charge in [-0.3, -0.25) is 4.99 Å². The lowest BCUT2D eigenvalue weighted by Gasteiger charge is -2.31. The SMILES string of the molecule is c1ccc(C(C2=NCCN2)C2CCNCC2)cc1. The minimum atomic E-state index is 0.468.